The number of rotatable bonds is 3. The molecule has 90 valence electrons. The number of benzene rings is 1. The van der Waals surface area contributed by atoms with Crippen LogP contribution in [-0.4, -0.2) is 14.8 Å². The molecule has 3 nitrogen and oxygen atoms in total. The lowest BCUT2D eigenvalue weighted by molar-refractivity contribution is 0.731. The Kier molecular flexibility index (Phi) is 3.69. The molecule has 0 aliphatic carbocycles. The van der Waals surface area contributed by atoms with Crippen molar-refractivity contribution >= 4 is 23.2 Å². The summed E-state index contributed by atoms with van der Waals surface area (Å²) in [7, 11) is 0. The molecule has 5 heteroatoms. The molecule has 0 atom stereocenters. The Bertz CT molecular complexity index is 514. The Labute approximate surface area is 110 Å². The summed E-state index contributed by atoms with van der Waals surface area (Å²) in [5.41, 5.74) is 2.08. The van der Waals surface area contributed by atoms with Gasteiger partial charge in [0.05, 0.1) is 5.88 Å². The minimum absolute atomic E-state index is 0.361. The average molecular weight is 270 g/mol. The van der Waals surface area contributed by atoms with E-state index in [0.29, 0.717) is 10.9 Å². The summed E-state index contributed by atoms with van der Waals surface area (Å²) in [5.74, 6) is 1.95. The van der Waals surface area contributed by atoms with Gasteiger partial charge in [0.1, 0.15) is 5.82 Å². The van der Waals surface area contributed by atoms with Crippen LogP contribution in [0.4, 0.5) is 0 Å². The number of hydrogen-bond acceptors (Lipinski definition) is 2. The standard InChI is InChI=1S/C12H13Cl2N3/c1-3-17-11(7-13)15-16-12(17)9-4-8(2)5-10(14)6-9/h4-6H,3,7H2,1-2H3. The third kappa shape index (κ3) is 2.45. The van der Waals surface area contributed by atoms with Crippen LogP contribution in [0.5, 0.6) is 0 Å². The Morgan fingerprint density at radius 1 is 1.24 bits per heavy atom. The van der Waals surface area contributed by atoms with Crippen molar-refractivity contribution < 1.29 is 0 Å². The second kappa shape index (κ2) is 5.07. The highest BCUT2D eigenvalue weighted by atomic mass is 35.5. The van der Waals surface area contributed by atoms with E-state index < -0.39 is 0 Å². The second-order valence-electron chi connectivity index (χ2n) is 3.83. The van der Waals surface area contributed by atoms with Gasteiger partial charge in [0.25, 0.3) is 0 Å². The lowest BCUT2D eigenvalue weighted by Crippen LogP contribution is -2.02. The van der Waals surface area contributed by atoms with E-state index in [4.69, 9.17) is 23.2 Å². The molecule has 0 bridgehead atoms. The highest BCUT2D eigenvalue weighted by molar-refractivity contribution is 6.30. The van der Waals surface area contributed by atoms with Crippen LogP contribution in [0.2, 0.25) is 5.02 Å². The average Bonchev–Trinajstić information content (AvgIpc) is 2.70. The van der Waals surface area contributed by atoms with E-state index in [1.54, 1.807) is 0 Å². The number of hydrogen-bond donors (Lipinski definition) is 0. The molecule has 0 amide bonds. The Morgan fingerprint density at radius 2 is 2.00 bits per heavy atom. The van der Waals surface area contributed by atoms with Gasteiger partial charge in [-0.2, -0.15) is 0 Å². The van der Waals surface area contributed by atoms with E-state index >= 15 is 0 Å². The highest BCUT2D eigenvalue weighted by Gasteiger charge is 2.12. The van der Waals surface area contributed by atoms with E-state index in [1.807, 2.05) is 36.6 Å². The van der Waals surface area contributed by atoms with Gasteiger partial charge in [0, 0.05) is 17.1 Å². The molecule has 17 heavy (non-hydrogen) atoms. The molecule has 0 aliphatic rings. The fourth-order valence-corrected chi connectivity index (χ4v) is 2.33. The molecule has 2 rings (SSSR count). The quantitative estimate of drug-likeness (QED) is 0.797. The normalized spacial score (nSPS) is 10.8. The monoisotopic (exact) mass is 269 g/mol. The van der Waals surface area contributed by atoms with Gasteiger partial charge in [0.15, 0.2) is 5.82 Å². The maximum atomic E-state index is 6.05. The van der Waals surface area contributed by atoms with Crippen molar-refractivity contribution in [3.8, 4) is 11.4 Å². The third-order valence-electron chi connectivity index (χ3n) is 2.56. The van der Waals surface area contributed by atoms with E-state index in [2.05, 4.69) is 10.2 Å². The van der Waals surface area contributed by atoms with Crippen LogP contribution in [0.25, 0.3) is 11.4 Å². The predicted molar refractivity (Wildman–Crippen MR) is 70.4 cm³/mol. The number of aromatic nitrogens is 3. The molecule has 0 spiro atoms. The summed E-state index contributed by atoms with van der Waals surface area (Å²) in [4.78, 5) is 0. The van der Waals surface area contributed by atoms with Crippen molar-refractivity contribution in [2.75, 3.05) is 0 Å². The molecule has 0 fully saturated rings. The summed E-state index contributed by atoms with van der Waals surface area (Å²) in [5, 5.41) is 8.97. The predicted octanol–water partition coefficient (Wildman–Crippen LogP) is 3.67. The highest BCUT2D eigenvalue weighted by Crippen LogP contribution is 2.24. The van der Waals surface area contributed by atoms with Crippen molar-refractivity contribution in [3.05, 3.63) is 34.6 Å². The van der Waals surface area contributed by atoms with Crippen molar-refractivity contribution in [1.82, 2.24) is 14.8 Å². The maximum Gasteiger partial charge on any atom is 0.164 e. The zero-order chi connectivity index (χ0) is 12.4. The molecule has 0 saturated heterocycles. The van der Waals surface area contributed by atoms with Gasteiger partial charge in [-0.1, -0.05) is 11.6 Å². The fourth-order valence-electron chi connectivity index (χ4n) is 1.85. The Hall–Kier alpha value is -1.06. The van der Waals surface area contributed by atoms with E-state index in [0.717, 1.165) is 29.3 Å². The molecule has 0 saturated carbocycles. The number of halogens is 2. The molecule has 2 aromatic rings. The van der Waals surface area contributed by atoms with E-state index in [-0.39, 0.29) is 0 Å². The fraction of sp³-hybridized carbons (Fsp3) is 0.333. The van der Waals surface area contributed by atoms with Crippen molar-refractivity contribution in [1.29, 1.82) is 0 Å². The van der Waals surface area contributed by atoms with Crippen LogP contribution in [-0.2, 0) is 12.4 Å². The van der Waals surface area contributed by atoms with Crippen LogP contribution in [0, 0.1) is 6.92 Å². The van der Waals surface area contributed by atoms with Crippen LogP contribution >= 0.6 is 23.2 Å². The van der Waals surface area contributed by atoms with Crippen molar-refractivity contribution in [2.24, 2.45) is 0 Å². The number of aryl methyl sites for hydroxylation is 1. The van der Waals surface area contributed by atoms with Crippen LogP contribution in [0.1, 0.15) is 18.3 Å². The first-order chi connectivity index (χ1) is 8.15. The topological polar surface area (TPSA) is 30.7 Å². The summed E-state index contributed by atoms with van der Waals surface area (Å²) in [6.45, 7) is 4.83. The van der Waals surface area contributed by atoms with Gasteiger partial charge in [-0.3, -0.25) is 0 Å². The zero-order valence-electron chi connectivity index (χ0n) is 9.74. The largest absolute Gasteiger partial charge is 0.310 e. The lowest BCUT2D eigenvalue weighted by atomic mass is 10.1. The lowest BCUT2D eigenvalue weighted by Gasteiger charge is -2.07. The van der Waals surface area contributed by atoms with Gasteiger partial charge in [-0.15, -0.1) is 21.8 Å². The molecule has 0 aliphatic heterocycles. The first-order valence-electron chi connectivity index (χ1n) is 5.41. The summed E-state index contributed by atoms with van der Waals surface area (Å²) in [6, 6.07) is 5.85. The van der Waals surface area contributed by atoms with Gasteiger partial charge >= 0.3 is 0 Å². The maximum absolute atomic E-state index is 6.05. The van der Waals surface area contributed by atoms with Crippen LogP contribution in [0.3, 0.4) is 0 Å². The van der Waals surface area contributed by atoms with Gasteiger partial charge in [0.2, 0.25) is 0 Å². The van der Waals surface area contributed by atoms with Crippen LogP contribution in [0.15, 0.2) is 18.2 Å². The van der Waals surface area contributed by atoms with Gasteiger partial charge in [-0.25, -0.2) is 0 Å². The third-order valence-corrected chi connectivity index (χ3v) is 3.02. The molecule has 1 heterocycles. The van der Waals surface area contributed by atoms with E-state index in [9.17, 15) is 0 Å². The summed E-state index contributed by atoms with van der Waals surface area (Å²) in [6.07, 6.45) is 0. The smallest absolute Gasteiger partial charge is 0.164 e. The minimum atomic E-state index is 0.361. The van der Waals surface area contributed by atoms with Crippen molar-refractivity contribution in [2.45, 2.75) is 26.3 Å². The number of alkyl halides is 1. The summed E-state index contributed by atoms with van der Waals surface area (Å²) < 4.78 is 2.00. The van der Waals surface area contributed by atoms with Gasteiger partial charge in [-0.05, 0) is 37.6 Å². The number of nitrogens with zero attached hydrogens (tertiary/aromatic N) is 3. The molecule has 0 N–H and O–H groups in total. The van der Waals surface area contributed by atoms with Crippen molar-refractivity contribution in [3.63, 3.8) is 0 Å². The first-order valence-corrected chi connectivity index (χ1v) is 6.32. The second-order valence-corrected chi connectivity index (χ2v) is 4.54. The minimum Gasteiger partial charge on any atom is -0.310 e. The molecule has 0 radical (unpaired) electrons. The first kappa shape index (κ1) is 12.4. The molecule has 1 aromatic carbocycles. The van der Waals surface area contributed by atoms with E-state index in [1.165, 1.54) is 0 Å². The molecule has 1 aromatic heterocycles. The zero-order valence-corrected chi connectivity index (χ0v) is 11.3. The molecular formula is C12H13Cl2N3. The Balaban J connectivity index is 2.55. The SMILES string of the molecule is CCn1c(CCl)nnc1-c1cc(C)cc(Cl)c1. The molecular weight excluding hydrogens is 257 g/mol. The van der Waals surface area contributed by atoms with Crippen LogP contribution < -0.4 is 0 Å². The summed E-state index contributed by atoms with van der Waals surface area (Å²) >= 11 is 11.9. The Morgan fingerprint density at radius 3 is 2.59 bits per heavy atom. The van der Waals surface area contributed by atoms with Gasteiger partial charge < -0.3 is 4.57 Å². The molecule has 0 unspecified atom stereocenters.